The summed E-state index contributed by atoms with van der Waals surface area (Å²) in [5, 5.41) is 18.2. The van der Waals surface area contributed by atoms with Crippen molar-refractivity contribution in [3.63, 3.8) is 0 Å². The van der Waals surface area contributed by atoms with E-state index in [4.69, 9.17) is 9.47 Å². The average Bonchev–Trinajstić information content (AvgIpc) is 3.47. The predicted octanol–water partition coefficient (Wildman–Crippen LogP) is 16.8. The number of halogens is 1. The summed E-state index contributed by atoms with van der Waals surface area (Å²) in [4.78, 5) is 48.6. The fraction of sp³-hybridized carbons (Fsp3) is 0.0303. The van der Waals surface area contributed by atoms with Crippen molar-refractivity contribution in [3.8, 4) is 45.3 Å². The SMILES string of the molecule is Cc1ccc(-c2ccc(Oc3ccccc3)cc2)cc1NC(=O)c1ccccc1.Cc1ccc(Br)cc1NC(=O)c1ccccc1.O=C(Nc1cc(-c2ccc(Oc3ccccc3)cc2)ccc1C(=O)O)c1ccccc1. The van der Waals surface area contributed by atoms with Gasteiger partial charge in [0.25, 0.3) is 17.7 Å². The molecule has 77 heavy (non-hydrogen) atoms. The van der Waals surface area contributed by atoms with Crippen molar-refractivity contribution >= 4 is 56.7 Å². The van der Waals surface area contributed by atoms with Crippen LogP contribution in [-0.4, -0.2) is 28.8 Å². The summed E-state index contributed by atoms with van der Waals surface area (Å²) in [5.41, 5.74) is 9.44. The van der Waals surface area contributed by atoms with Crippen LogP contribution >= 0.6 is 15.9 Å². The van der Waals surface area contributed by atoms with Crippen molar-refractivity contribution in [1.82, 2.24) is 0 Å². The van der Waals surface area contributed by atoms with Gasteiger partial charge in [-0.25, -0.2) is 4.79 Å². The molecule has 0 saturated heterocycles. The van der Waals surface area contributed by atoms with E-state index in [1.807, 2.05) is 196 Å². The maximum atomic E-state index is 12.5. The molecule has 0 fully saturated rings. The van der Waals surface area contributed by atoms with Gasteiger partial charge in [0.05, 0.1) is 11.3 Å². The van der Waals surface area contributed by atoms with Crippen LogP contribution in [0, 0.1) is 13.8 Å². The van der Waals surface area contributed by atoms with Crippen LogP contribution < -0.4 is 25.4 Å². The second kappa shape index (κ2) is 26.4. The smallest absolute Gasteiger partial charge is 0.337 e. The molecule has 4 N–H and O–H groups in total. The molecule has 0 bridgehead atoms. The molecule has 11 heteroatoms. The molecule has 0 heterocycles. The number of aryl methyl sites for hydroxylation is 2. The number of carboxylic acids is 1. The summed E-state index contributed by atoms with van der Waals surface area (Å²) >= 11 is 3.39. The number of hydrogen-bond acceptors (Lipinski definition) is 6. The first-order valence-corrected chi connectivity index (χ1v) is 25.2. The monoisotopic (exact) mass is 1080 g/mol. The van der Waals surface area contributed by atoms with Gasteiger partial charge in [-0.15, -0.1) is 0 Å². The molecule has 0 radical (unpaired) electrons. The molecule has 10 aromatic carbocycles. The molecule has 10 aromatic rings. The number of para-hydroxylation sites is 2. The normalized spacial score (nSPS) is 10.3. The van der Waals surface area contributed by atoms with Gasteiger partial charge in [-0.1, -0.05) is 155 Å². The van der Waals surface area contributed by atoms with Gasteiger partial charge >= 0.3 is 5.97 Å². The molecule has 0 unspecified atom stereocenters. The molecule has 0 aliphatic carbocycles. The maximum absolute atomic E-state index is 12.5. The fourth-order valence-electron chi connectivity index (χ4n) is 7.71. The first kappa shape index (κ1) is 53.5. The van der Waals surface area contributed by atoms with E-state index in [0.29, 0.717) is 22.4 Å². The van der Waals surface area contributed by atoms with Crippen LogP contribution in [0.3, 0.4) is 0 Å². The van der Waals surface area contributed by atoms with Gasteiger partial charge in [0.2, 0.25) is 0 Å². The predicted molar refractivity (Wildman–Crippen MR) is 311 cm³/mol. The van der Waals surface area contributed by atoms with E-state index >= 15 is 0 Å². The van der Waals surface area contributed by atoms with Gasteiger partial charge < -0.3 is 30.5 Å². The van der Waals surface area contributed by atoms with Crippen molar-refractivity contribution in [3.05, 3.63) is 293 Å². The van der Waals surface area contributed by atoms with E-state index in [1.165, 1.54) is 6.07 Å². The Balaban J connectivity index is 0.000000159. The average molecular weight is 1080 g/mol. The van der Waals surface area contributed by atoms with Gasteiger partial charge in [0.15, 0.2) is 0 Å². The number of ether oxygens (including phenoxy) is 2. The summed E-state index contributed by atoms with van der Waals surface area (Å²) in [7, 11) is 0. The Bertz CT molecular complexity index is 3580. The minimum absolute atomic E-state index is 0.0251. The Labute approximate surface area is 455 Å². The van der Waals surface area contributed by atoms with Crippen LogP contribution in [0.2, 0.25) is 0 Å². The molecule has 0 aromatic heterocycles. The summed E-state index contributed by atoms with van der Waals surface area (Å²) in [6.07, 6.45) is 0. The Morgan fingerprint density at radius 2 is 0.662 bits per heavy atom. The van der Waals surface area contributed by atoms with Gasteiger partial charge in [-0.3, -0.25) is 14.4 Å². The van der Waals surface area contributed by atoms with E-state index in [2.05, 4.69) is 37.9 Å². The number of rotatable bonds is 13. The van der Waals surface area contributed by atoms with Crippen LogP contribution in [0.25, 0.3) is 22.3 Å². The van der Waals surface area contributed by atoms with E-state index in [9.17, 15) is 24.3 Å². The third-order valence-electron chi connectivity index (χ3n) is 11.9. The van der Waals surface area contributed by atoms with E-state index in [0.717, 1.165) is 66.5 Å². The molecule has 3 amide bonds. The Morgan fingerprint density at radius 3 is 1.06 bits per heavy atom. The Morgan fingerprint density at radius 1 is 0.351 bits per heavy atom. The lowest BCUT2D eigenvalue weighted by Crippen LogP contribution is -2.14. The van der Waals surface area contributed by atoms with Crippen molar-refractivity contribution in [2.24, 2.45) is 0 Å². The Kier molecular flexibility index (Phi) is 18.3. The zero-order valence-electron chi connectivity index (χ0n) is 42.0. The molecular weight excluding hydrogens is 1030 g/mol. The third-order valence-corrected chi connectivity index (χ3v) is 12.4. The lowest BCUT2D eigenvalue weighted by molar-refractivity contribution is 0.0697. The highest BCUT2D eigenvalue weighted by Crippen LogP contribution is 2.31. The fourth-order valence-corrected chi connectivity index (χ4v) is 8.07. The van der Waals surface area contributed by atoms with Gasteiger partial charge in [0.1, 0.15) is 23.0 Å². The topological polar surface area (TPSA) is 143 Å². The highest BCUT2D eigenvalue weighted by Gasteiger charge is 2.16. The number of carbonyl (C=O) groups excluding carboxylic acids is 3. The van der Waals surface area contributed by atoms with Crippen molar-refractivity contribution < 1.29 is 33.8 Å². The highest BCUT2D eigenvalue weighted by molar-refractivity contribution is 9.10. The zero-order valence-corrected chi connectivity index (χ0v) is 43.6. The zero-order chi connectivity index (χ0) is 53.9. The number of aromatic carboxylic acids is 1. The number of carboxylic acid groups (broad SMARTS) is 1. The van der Waals surface area contributed by atoms with Crippen molar-refractivity contribution in [1.29, 1.82) is 0 Å². The number of amides is 3. The van der Waals surface area contributed by atoms with E-state index in [-0.39, 0.29) is 29.0 Å². The third kappa shape index (κ3) is 15.4. The minimum Gasteiger partial charge on any atom is -0.478 e. The quantitative estimate of drug-likeness (QED) is 0.0900. The molecule has 0 atom stereocenters. The molecule has 0 saturated carbocycles. The molecule has 0 aliphatic heterocycles. The lowest BCUT2D eigenvalue weighted by Gasteiger charge is -2.12. The number of nitrogens with one attached hydrogen (secondary N) is 3. The molecular formula is C66H52BrN3O7. The summed E-state index contributed by atoms with van der Waals surface area (Å²) in [6.45, 7) is 3.95. The number of anilines is 3. The van der Waals surface area contributed by atoms with Crippen LogP contribution in [0.15, 0.2) is 259 Å². The summed E-state index contributed by atoms with van der Waals surface area (Å²) < 4.78 is 12.6. The molecule has 0 aliphatic rings. The highest BCUT2D eigenvalue weighted by atomic mass is 79.9. The number of hydrogen-bond donors (Lipinski definition) is 4. The van der Waals surface area contributed by atoms with Gasteiger partial charge in [-0.05, 0) is 162 Å². The molecule has 0 spiro atoms. The number of carbonyl (C=O) groups is 4. The molecule has 380 valence electrons. The van der Waals surface area contributed by atoms with Crippen molar-refractivity contribution in [2.45, 2.75) is 13.8 Å². The second-order valence-electron chi connectivity index (χ2n) is 17.4. The minimum atomic E-state index is -1.11. The largest absolute Gasteiger partial charge is 0.478 e. The van der Waals surface area contributed by atoms with Gasteiger partial charge in [0, 0.05) is 32.5 Å². The summed E-state index contributed by atoms with van der Waals surface area (Å²) in [6, 6.07) is 78.4. The summed E-state index contributed by atoms with van der Waals surface area (Å²) in [5.74, 6) is 1.34. The van der Waals surface area contributed by atoms with Crippen molar-refractivity contribution in [2.75, 3.05) is 16.0 Å². The molecule has 10 rings (SSSR count). The standard InChI is InChI=1S/C26H19NO4.C26H21NO2.C14H12BrNO/c28-25(19-7-3-1-4-8-19)27-24-17-20(13-16-23(24)26(29)30)18-11-14-22(15-12-18)31-21-9-5-2-6-10-21;1-19-12-13-22(18-25(19)27-26(28)21-8-4-2-5-9-21)20-14-16-24(17-15-20)29-23-10-6-3-7-11-23;1-10-7-8-12(15)9-13(10)16-14(17)11-5-3-2-4-6-11/h1-17H,(H,27,28)(H,29,30);2-18H,1H3,(H,27,28);2-9H,1H3,(H,16,17). The number of benzene rings is 10. The van der Waals surface area contributed by atoms with Crippen LogP contribution in [0.1, 0.15) is 52.6 Å². The van der Waals surface area contributed by atoms with Gasteiger partial charge in [-0.2, -0.15) is 0 Å². The first-order valence-electron chi connectivity index (χ1n) is 24.5. The lowest BCUT2D eigenvalue weighted by atomic mass is 10.0. The van der Waals surface area contributed by atoms with E-state index < -0.39 is 5.97 Å². The maximum Gasteiger partial charge on any atom is 0.337 e. The second-order valence-corrected chi connectivity index (χ2v) is 18.3. The van der Waals surface area contributed by atoms with Crippen LogP contribution in [0.5, 0.6) is 23.0 Å². The first-order chi connectivity index (χ1) is 37.4. The van der Waals surface area contributed by atoms with E-state index in [1.54, 1.807) is 60.7 Å². The molecule has 10 nitrogen and oxygen atoms in total. The van der Waals surface area contributed by atoms with Crippen LogP contribution in [0.4, 0.5) is 17.1 Å². The van der Waals surface area contributed by atoms with Crippen LogP contribution in [-0.2, 0) is 0 Å². The Hall–Kier alpha value is -9.84.